The first-order valence-corrected chi connectivity index (χ1v) is 14.3. The first-order chi connectivity index (χ1) is 16.3. The zero-order valence-corrected chi connectivity index (χ0v) is 23.0. The fraction of sp³-hybridized carbons (Fsp3) is 0.704. The van der Waals surface area contributed by atoms with Gasteiger partial charge in [0.15, 0.2) is 0 Å². The quantitative estimate of drug-likeness (QED) is 0.201. The summed E-state index contributed by atoms with van der Waals surface area (Å²) in [5.41, 5.74) is 3.65. The summed E-state index contributed by atoms with van der Waals surface area (Å²) in [6, 6.07) is 4.33. The molecular weight excluding hydrogens is 466 g/mol. The van der Waals surface area contributed by atoms with Crippen molar-refractivity contribution >= 4 is 42.2 Å². The molecule has 1 aliphatic rings. The van der Waals surface area contributed by atoms with Crippen molar-refractivity contribution in [2.24, 2.45) is 17.8 Å². The fourth-order valence-corrected chi connectivity index (χ4v) is 6.89. The van der Waals surface area contributed by atoms with Gasteiger partial charge in [-0.1, -0.05) is 110 Å². The van der Waals surface area contributed by atoms with Gasteiger partial charge in [0.25, 0.3) is 0 Å². The monoisotopic (exact) mass is 509 g/mol. The first-order valence-electron chi connectivity index (χ1n) is 13.0. The smallest absolute Gasteiger partial charge is 0.310 e. The molecule has 1 heterocycles. The number of hydrogen-bond acceptors (Lipinski definition) is 5. The number of anilines is 1. The Kier molecular flexibility index (Phi) is 12.1. The van der Waals surface area contributed by atoms with Crippen LogP contribution in [0.1, 0.15) is 96.6 Å². The molecule has 0 aromatic heterocycles. The number of fused-ring (bicyclic) bond motifs is 1. The third kappa shape index (κ3) is 7.58. The Balaban J connectivity index is 2.46. The summed E-state index contributed by atoms with van der Waals surface area (Å²) in [6.07, 6.45) is 11.0. The number of carboxylic acids is 2. The van der Waals surface area contributed by atoms with Gasteiger partial charge in [-0.15, -0.1) is 0 Å². The summed E-state index contributed by atoms with van der Waals surface area (Å²) in [5, 5.41) is 18.5. The average Bonchev–Trinajstić information content (AvgIpc) is 3.14. The van der Waals surface area contributed by atoms with Crippen LogP contribution >= 0.6 is 24.6 Å². The van der Waals surface area contributed by atoms with Gasteiger partial charge in [-0.05, 0) is 41.9 Å². The largest absolute Gasteiger partial charge is 0.481 e. The molecule has 34 heavy (non-hydrogen) atoms. The minimum atomic E-state index is -1.10. The molecule has 5 nitrogen and oxygen atoms in total. The van der Waals surface area contributed by atoms with Crippen molar-refractivity contribution in [2.75, 3.05) is 4.31 Å². The van der Waals surface area contributed by atoms with Crippen molar-refractivity contribution in [1.82, 2.24) is 0 Å². The molecule has 0 amide bonds. The van der Waals surface area contributed by atoms with E-state index in [0.29, 0.717) is 11.8 Å². The van der Waals surface area contributed by atoms with Crippen molar-refractivity contribution in [2.45, 2.75) is 109 Å². The van der Waals surface area contributed by atoms with Gasteiger partial charge in [0.05, 0.1) is 18.0 Å². The van der Waals surface area contributed by atoms with Gasteiger partial charge in [0.2, 0.25) is 0 Å². The van der Waals surface area contributed by atoms with E-state index < -0.39 is 29.7 Å². The molecule has 0 saturated carbocycles. The van der Waals surface area contributed by atoms with E-state index in [1.807, 2.05) is 0 Å². The molecule has 1 aromatic rings. The number of nitrogens with zero attached hydrogens (tertiary/aromatic N) is 1. The minimum Gasteiger partial charge on any atom is -0.481 e. The second-order valence-electron chi connectivity index (χ2n) is 9.69. The van der Waals surface area contributed by atoms with Gasteiger partial charge in [-0.2, -0.15) is 0 Å². The van der Waals surface area contributed by atoms with Crippen LogP contribution in [-0.4, -0.2) is 27.5 Å². The Bertz CT molecular complexity index is 816. The van der Waals surface area contributed by atoms with E-state index >= 15 is 0 Å². The first kappa shape index (κ1) is 28.9. The molecule has 2 rings (SSSR count). The number of aliphatic carboxylic acids is 2. The SMILES string of the molecule is CCCCC(CC)Cc1ccc2c(c1CC(CC)CCCC)N(S)[C@H](C(CC(=O)O)C(=O)O)S2. The van der Waals surface area contributed by atoms with Crippen LogP contribution in [0.3, 0.4) is 0 Å². The highest BCUT2D eigenvalue weighted by Crippen LogP contribution is 2.51. The number of benzene rings is 1. The molecule has 0 saturated heterocycles. The molecule has 192 valence electrons. The summed E-state index contributed by atoms with van der Waals surface area (Å²) in [4.78, 5) is 24.4. The third-order valence-electron chi connectivity index (χ3n) is 7.20. The van der Waals surface area contributed by atoms with Crippen LogP contribution in [0, 0.1) is 17.8 Å². The molecule has 0 bridgehead atoms. The molecular formula is C27H43NO4S2. The summed E-state index contributed by atoms with van der Waals surface area (Å²) in [6.45, 7) is 8.98. The summed E-state index contributed by atoms with van der Waals surface area (Å²) < 4.78 is 1.76. The van der Waals surface area contributed by atoms with Crippen molar-refractivity contribution in [3.8, 4) is 0 Å². The maximum atomic E-state index is 12.0. The number of thiol groups is 1. The predicted octanol–water partition coefficient (Wildman–Crippen LogP) is 7.46. The number of rotatable bonds is 16. The van der Waals surface area contributed by atoms with Gasteiger partial charge >= 0.3 is 11.9 Å². The molecule has 7 heteroatoms. The maximum absolute atomic E-state index is 12.0. The lowest BCUT2D eigenvalue weighted by Gasteiger charge is -2.28. The fourth-order valence-electron chi connectivity index (χ4n) is 4.97. The van der Waals surface area contributed by atoms with E-state index in [-0.39, 0.29) is 0 Å². The maximum Gasteiger partial charge on any atom is 0.310 e. The number of carboxylic acid groups (broad SMARTS) is 2. The average molecular weight is 510 g/mol. The molecule has 3 unspecified atom stereocenters. The van der Waals surface area contributed by atoms with E-state index in [9.17, 15) is 19.8 Å². The minimum absolute atomic E-state index is 0.413. The molecule has 4 atom stereocenters. The second kappa shape index (κ2) is 14.3. The van der Waals surface area contributed by atoms with Crippen molar-refractivity contribution in [3.63, 3.8) is 0 Å². The summed E-state index contributed by atoms with van der Waals surface area (Å²) >= 11 is 6.23. The highest BCUT2D eigenvalue weighted by atomic mass is 32.2. The molecule has 0 aliphatic carbocycles. The number of carbonyl (C=O) groups is 2. The Labute approximate surface area is 215 Å². The zero-order valence-electron chi connectivity index (χ0n) is 21.3. The van der Waals surface area contributed by atoms with Crippen LogP contribution in [0.4, 0.5) is 5.69 Å². The summed E-state index contributed by atoms with van der Waals surface area (Å²) in [7, 11) is 0. The van der Waals surface area contributed by atoms with Crippen LogP contribution in [0.25, 0.3) is 0 Å². The van der Waals surface area contributed by atoms with Crippen LogP contribution < -0.4 is 4.31 Å². The van der Waals surface area contributed by atoms with Gasteiger partial charge in [0, 0.05) is 4.90 Å². The van der Waals surface area contributed by atoms with Crippen molar-refractivity contribution in [1.29, 1.82) is 0 Å². The molecule has 1 aromatic carbocycles. The van der Waals surface area contributed by atoms with E-state index in [4.69, 9.17) is 12.8 Å². The van der Waals surface area contributed by atoms with Crippen LogP contribution in [0.2, 0.25) is 0 Å². The Morgan fingerprint density at radius 3 is 2.09 bits per heavy atom. The number of unbranched alkanes of at least 4 members (excludes halogenated alkanes) is 2. The molecule has 1 aliphatic heterocycles. The third-order valence-corrected chi connectivity index (χ3v) is 9.17. The Hall–Kier alpha value is -1.34. The highest BCUT2D eigenvalue weighted by Gasteiger charge is 2.41. The van der Waals surface area contributed by atoms with E-state index in [1.165, 1.54) is 61.4 Å². The normalized spacial score (nSPS) is 17.9. The zero-order chi connectivity index (χ0) is 25.3. The van der Waals surface area contributed by atoms with Crippen LogP contribution in [0.5, 0.6) is 0 Å². The lowest BCUT2D eigenvalue weighted by molar-refractivity contribution is -0.148. The standard InChI is InChI=1S/C27H43NO4S2/c1-5-9-11-18(7-3)15-20-13-14-23-25(21(20)16-19(8-4)12-10-6-2)28(33)26(34-23)22(27(31)32)17-24(29)30/h13-14,18-19,22,26,33H,5-12,15-17H2,1-4H3,(H,29,30)(H,31,32)/t18?,19?,22?,26-/m0/s1. The van der Waals surface area contributed by atoms with Crippen molar-refractivity contribution in [3.05, 3.63) is 23.3 Å². The van der Waals surface area contributed by atoms with E-state index in [2.05, 4.69) is 39.8 Å². The van der Waals surface area contributed by atoms with Gasteiger partial charge in [-0.25, -0.2) is 0 Å². The van der Waals surface area contributed by atoms with Crippen molar-refractivity contribution < 1.29 is 19.8 Å². The lowest BCUT2D eigenvalue weighted by atomic mass is 9.84. The summed E-state index contributed by atoms with van der Waals surface area (Å²) in [5.74, 6) is -2.02. The topological polar surface area (TPSA) is 77.8 Å². The second-order valence-corrected chi connectivity index (χ2v) is 11.3. The van der Waals surface area contributed by atoms with Crippen LogP contribution in [0.15, 0.2) is 17.0 Å². The predicted molar refractivity (Wildman–Crippen MR) is 145 cm³/mol. The molecule has 2 N–H and O–H groups in total. The Morgan fingerprint density at radius 1 is 1.00 bits per heavy atom. The van der Waals surface area contributed by atoms with Gasteiger partial charge in [-0.3, -0.25) is 9.59 Å². The van der Waals surface area contributed by atoms with E-state index in [1.54, 1.807) is 4.31 Å². The molecule has 0 fully saturated rings. The lowest BCUT2D eigenvalue weighted by Crippen LogP contribution is -2.35. The van der Waals surface area contributed by atoms with Gasteiger partial charge in [0.1, 0.15) is 5.37 Å². The van der Waals surface area contributed by atoms with Crippen LogP contribution in [-0.2, 0) is 22.4 Å². The molecule has 0 radical (unpaired) electrons. The number of hydrogen-bond donors (Lipinski definition) is 3. The van der Waals surface area contributed by atoms with E-state index in [0.717, 1.165) is 36.3 Å². The highest BCUT2D eigenvalue weighted by molar-refractivity contribution is 8.01. The number of thioether (sulfide) groups is 1. The molecule has 0 spiro atoms. The van der Waals surface area contributed by atoms with Gasteiger partial charge < -0.3 is 14.5 Å². The Morgan fingerprint density at radius 2 is 1.59 bits per heavy atom.